The molecule has 0 radical (unpaired) electrons. The lowest BCUT2D eigenvalue weighted by molar-refractivity contribution is -0.121. The van der Waals surface area contributed by atoms with Gasteiger partial charge < -0.3 is 30.3 Å². The maximum absolute atomic E-state index is 13.7. The number of para-hydroxylation sites is 1. The predicted octanol–water partition coefficient (Wildman–Crippen LogP) is 7.27. The lowest BCUT2D eigenvalue weighted by Gasteiger charge is -2.38. The van der Waals surface area contributed by atoms with E-state index in [2.05, 4.69) is 61.7 Å². The zero-order chi connectivity index (χ0) is 36.5. The molecule has 1 aromatic heterocycles. The second kappa shape index (κ2) is 17.2. The van der Waals surface area contributed by atoms with E-state index in [1.165, 1.54) is 11.9 Å². The summed E-state index contributed by atoms with van der Waals surface area (Å²) < 4.78 is 12.0. The number of aryl methyl sites for hydroxylation is 3. The van der Waals surface area contributed by atoms with Crippen molar-refractivity contribution >= 4 is 34.8 Å². The summed E-state index contributed by atoms with van der Waals surface area (Å²) >= 11 is 0. The third-order valence-electron chi connectivity index (χ3n) is 9.35. The van der Waals surface area contributed by atoms with Gasteiger partial charge in [0, 0.05) is 67.9 Å². The molecule has 0 aliphatic carbocycles. The number of carbonyl (C=O) groups is 2. The molecule has 0 saturated carbocycles. The first-order valence-electron chi connectivity index (χ1n) is 17.8. The van der Waals surface area contributed by atoms with E-state index in [4.69, 9.17) is 9.47 Å². The van der Waals surface area contributed by atoms with Crippen LogP contribution in [-0.2, 0) is 11.2 Å². The Kier molecular flexibility index (Phi) is 12.5. The van der Waals surface area contributed by atoms with E-state index in [-0.39, 0.29) is 29.3 Å². The van der Waals surface area contributed by atoms with Crippen LogP contribution in [0, 0.1) is 13.8 Å². The molecule has 11 heteroatoms. The van der Waals surface area contributed by atoms with E-state index in [1.54, 1.807) is 13.2 Å². The third kappa shape index (κ3) is 9.76. The third-order valence-corrected chi connectivity index (χ3v) is 9.35. The van der Waals surface area contributed by atoms with Crippen LogP contribution in [0.4, 0.5) is 23.0 Å². The van der Waals surface area contributed by atoms with Gasteiger partial charge in [-0.25, -0.2) is 4.98 Å². The van der Waals surface area contributed by atoms with Crippen LogP contribution in [-0.4, -0.2) is 72.1 Å². The van der Waals surface area contributed by atoms with E-state index >= 15 is 0 Å². The molecular formula is C40H51N7O4. The van der Waals surface area contributed by atoms with E-state index in [9.17, 15) is 9.59 Å². The zero-order valence-electron chi connectivity index (χ0n) is 30.9. The molecule has 1 aliphatic rings. The van der Waals surface area contributed by atoms with Crippen molar-refractivity contribution in [2.75, 3.05) is 48.8 Å². The standard InChI is InChI=1S/C40H51N7O4/c1-8-29(6)42-36(48)19-13-30-12-18-34(35(24-30)50-7)51-39-33(38(49)44-37-27(4)10-9-11-28(37)5)25-41-40(45-39)43-31-14-16-32(17-15-31)47-22-20-46(21-23-47)26(2)3/h9-12,14-18,24-26,29H,8,13,19-23H2,1-7H3,(H,42,48)(H,44,49)(H,41,43,45)/t29-/m1/s1. The summed E-state index contributed by atoms with van der Waals surface area (Å²) in [5, 5.41) is 9.29. The van der Waals surface area contributed by atoms with Gasteiger partial charge in [-0.3, -0.25) is 14.5 Å². The Morgan fingerprint density at radius 2 is 1.63 bits per heavy atom. The Morgan fingerprint density at radius 1 is 0.922 bits per heavy atom. The lowest BCUT2D eigenvalue weighted by Crippen LogP contribution is -2.48. The first-order chi connectivity index (χ1) is 24.5. The fourth-order valence-corrected chi connectivity index (χ4v) is 6.00. The van der Waals surface area contributed by atoms with Gasteiger partial charge in [-0.15, -0.1) is 0 Å². The molecule has 0 unspecified atom stereocenters. The quantitative estimate of drug-likeness (QED) is 0.125. The number of hydrogen-bond donors (Lipinski definition) is 3. The highest BCUT2D eigenvalue weighted by Crippen LogP contribution is 2.34. The number of anilines is 4. The number of carbonyl (C=O) groups excluding carboxylic acids is 2. The molecule has 51 heavy (non-hydrogen) atoms. The van der Waals surface area contributed by atoms with Crippen LogP contribution >= 0.6 is 0 Å². The highest BCUT2D eigenvalue weighted by atomic mass is 16.5. The second-order valence-electron chi connectivity index (χ2n) is 13.4. The number of amides is 2. The number of nitrogens with one attached hydrogen (secondary N) is 3. The number of rotatable bonds is 14. The monoisotopic (exact) mass is 693 g/mol. The number of methoxy groups -OCH3 is 1. The Labute approximate surface area is 301 Å². The van der Waals surface area contributed by atoms with Crippen molar-refractivity contribution in [2.24, 2.45) is 0 Å². The minimum absolute atomic E-state index is 0.00307. The Bertz CT molecular complexity index is 1780. The highest BCUT2D eigenvalue weighted by Gasteiger charge is 2.22. The Hall–Kier alpha value is -5.16. The molecule has 0 bridgehead atoms. The van der Waals surface area contributed by atoms with E-state index < -0.39 is 5.91 Å². The molecule has 1 aliphatic heterocycles. The first kappa shape index (κ1) is 37.1. The molecule has 4 aromatic rings. The normalized spacial score (nSPS) is 13.8. The van der Waals surface area contributed by atoms with Gasteiger partial charge >= 0.3 is 0 Å². The van der Waals surface area contributed by atoms with Crippen LogP contribution in [0.1, 0.15) is 67.6 Å². The molecule has 0 spiro atoms. The predicted molar refractivity (Wildman–Crippen MR) is 204 cm³/mol. The Morgan fingerprint density at radius 3 is 2.27 bits per heavy atom. The molecule has 1 atom stereocenters. The molecule has 3 N–H and O–H groups in total. The van der Waals surface area contributed by atoms with Gasteiger partial charge in [-0.2, -0.15) is 4.98 Å². The molecule has 2 heterocycles. The van der Waals surface area contributed by atoms with Crippen LogP contribution in [0.3, 0.4) is 0 Å². The van der Waals surface area contributed by atoms with Gasteiger partial charge in [0.05, 0.1) is 7.11 Å². The average Bonchev–Trinajstić information content (AvgIpc) is 3.13. The Balaban J connectivity index is 1.37. The molecule has 1 fully saturated rings. The highest BCUT2D eigenvalue weighted by molar-refractivity contribution is 6.06. The van der Waals surface area contributed by atoms with Crippen LogP contribution < -0.4 is 30.3 Å². The smallest absolute Gasteiger partial charge is 0.262 e. The van der Waals surface area contributed by atoms with E-state index in [1.807, 2.05) is 70.2 Å². The number of nitrogens with zero attached hydrogens (tertiary/aromatic N) is 4. The van der Waals surface area contributed by atoms with Crippen molar-refractivity contribution in [3.05, 3.63) is 89.1 Å². The molecule has 3 aromatic carbocycles. The van der Waals surface area contributed by atoms with E-state index in [0.29, 0.717) is 30.4 Å². The van der Waals surface area contributed by atoms with Crippen molar-refractivity contribution in [2.45, 2.75) is 72.9 Å². The number of piperazine rings is 1. The summed E-state index contributed by atoms with van der Waals surface area (Å²) in [5.41, 5.74) is 5.64. The summed E-state index contributed by atoms with van der Waals surface area (Å²) in [6.07, 6.45) is 3.23. The SMILES string of the molecule is CC[C@@H](C)NC(=O)CCc1ccc(Oc2nc(Nc3ccc(N4CCN(C(C)C)CC4)cc3)ncc2C(=O)Nc2c(C)cccc2C)c(OC)c1. The fraction of sp³-hybridized carbons (Fsp3) is 0.400. The number of hydrogen-bond acceptors (Lipinski definition) is 9. The second-order valence-corrected chi connectivity index (χ2v) is 13.4. The van der Waals surface area contributed by atoms with Gasteiger partial charge in [-0.1, -0.05) is 31.2 Å². The first-order valence-corrected chi connectivity index (χ1v) is 17.8. The lowest BCUT2D eigenvalue weighted by atomic mass is 10.1. The fourth-order valence-electron chi connectivity index (χ4n) is 6.00. The van der Waals surface area contributed by atoms with Gasteiger partial charge in [-0.05, 0) is 101 Å². The van der Waals surface area contributed by atoms with Crippen molar-refractivity contribution in [3.8, 4) is 17.4 Å². The zero-order valence-corrected chi connectivity index (χ0v) is 30.9. The maximum atomic E-state index is 13.7. The van der Waals surface area contributed by atoms with Gasteiger partial charge in [0.15, 0.2) is 11.5 Å². The molecule has 5 rings (SSSR count). The van der Waals surface area contributed by atoms with Gasteiger partial charge in [0.25, 0.3) is 5.91 Å². The largest absolute Gasteiger partial charge is 0.493 e. The number of ether oxygens (including phenoxy) is 2. The summed E-state index contributed by atoms with van der Waals surface area (Å²) in [6.45, 7) is 16.5. The van der Waals surface area contributed by atoms with Gasteiger partial charge in [0.1, 0.15) is 5.56 Å². The number of aromatic nitrogens is 2. The molecule has 1 saturated heterocycles. The van der Waals surface area contributed by atoms with Crippen molar-refractivity contribution < 1.29 is 19.1 Å². The number of benzene rings is 3. The van der Waals surface area contributed by atoms with E-state index in [0.717, 1.165) is 60.7 Å². The van der Waals surface area contributed by atoms with Crippen molar-refractivity contribution in [1.29, 1.82) is 0 Å². The van der Waals surface area contributed by atoms with Crippen molar-refractivity contribution in [3.63, 3.8) is 0 Å². The van der Waals surface area contributed by atoms with Crippen LogP contribution in [0.25, 0.3) is 0 Å². The molecular weight excluding hydrogens is 642 g/mol. The molecule has 11 nitrogen and oxygen atoms in total. The molecule has 2 amide bonds. The van der Waals surface area contributed by atoms with Gasteiger partial charge in [0.2, 0.25) is 17.7 Å². The summed E-state index contributed by atoms with van der Waals surface area (Å²) in [4.78, 5) is 40.2. The van der Waals surface area contributed by atoms with Crippen molar-refractivity contribution in [1.82, 2.24) is 20.2 Å². The minimum Gasteiger partial charge on any atom is -0.493 e. The van der Waals surface area contributed by atoms with Crippen LogP contribution in [0.2, 0.25) is 0 Å². The van der Waals surface area contributed by atoms with Crippen LogP contribution in [0.5, 0.6) is 17.4 Å². The maximum Gasteiger partial charge on any atom is 0.262 e. The summed E-state index contributed by atoms with van der Waals surface area (Å²) in [7, 11) is 1.55. The average molecular weight is 694 g/mol. The molecule has 270 valence electrons. The van der Waals surface area contributed by atoms with Crippen LogP contribution in [0.15, 0.2) is 66.9 Å². The summed E-state index contributed by atoms with van der Waals surface area (Å²) in [5.74, 6) is 0.763. The summed E-state index contributed by atoms with van der Waals surface area (Å²) in [6, 6.07) is 20.2. The minimum atomic E-state index is -0.404. The topological polar surface area (TPSA) is 121 Å².